The fourth-order valence-electron chi connectivity index (χ4n) is 0.552. The van der Waals surface area contributed by atoms with Gasteiger partial charge in [0.25, 0.3) is 0 Å². The average molecular weight is 209 g/mol. The van der Waals surface area contributed by atoms with Gasteiger partial charge < -0.3 is 15.1 Å². The first-order valence-corrected chi connectivity index (χ1v) is 5.01. The van der Waals surface area contributed by atoms with E-state index in [0.717, 1.165) is 6.08 Å². The average Bonchev–Trinajstić information content (AvgIpc) is 1.99. The molecule has 6 nitrogen and oxygen atoms in total. The number of carbonyl (C=O) groups excluding carboxylic acids is 1. The molecule has 0 fully saturated rings. The molecular formula is C6H12NO5P. The summed E-state index contributed by atoms with van der Waals surface area (Å²) in [5.74, 6) is -0.415. The van der Waals surface area contributed by atoms with E-state index in [2.05, 4.69) is 16.4 Å². The van der Waals surface area contributed by atoms with Gasteiger partial charge in [0, 0.05) is 0 Å². The van der Waals surface area contributed by atoms with E-state index in [1.54, 1.807) is 6.92 Å². The summed E-state index contributed by atoms with van der Waals surface area (Å²) in [4.78, 5) is 27.3. The number of phosphoric acid groups is 1. The van der Waals surface area contributed by atoms with E-state index in [1.165, 1.54) is 0 Å². The van der Waals surface area contributed by atoms with Crippen molar-refractivity contribution in [3.63, 3.8) is 0 Å². The SMILES string of the molecule is C=CC(=O)NC(C)COP(=O)(O)O. The molecule has 13 heavy (non-hydrogen) atoms. The molecule has 3 N–H and O–H groups in total. The molecule has 0 radical (unpaired) electrons. The summed E-state index contributed by atoms with van der Waals surface area (Å²) in [5, 5.41) is 2.38. The van der Waals surface area contributed by atoms with Crippen LogP contribution in [-0.2, 0) is 13.9 Å². The van der Waals surface area contributed by atoms with Crippen LogP contribution in [0.2, 0.25) is 0 Å². The number of amides is 1. The maximum atomic E-state index is 10.7. The molecule has 0 saturated heterocycles. The minimum atomic E-state index is -4.45. The first kappa shape index (κ1) is 12.3. The first-order valence-electron chi connectivity index (χ1n) is 3.48. The minimum absolute atomic E-state index is 0.246. The van der Waals surface area contributed by atoms with Crippen molar-refractivity contribution in [1.82, 2.24) is 5.32 Å². The number of hydrogen-bond acceptors (Lipinski definition) is 3. The van der Waals surface area contributed by atoms with E-state index in [4.69, 9.17) is 9.79 Å². The maximum absolute atomic E-state index is 10.7. The summed E-state index contributed by atoms with van der Waals surface area (Å²) in [5.41, 5.74) is 0. The van der Waals surface area contributed by atoms with E-state index in [-0.39, 0.29) is 6.61 Å². The van der Waals surface area contributed by atoms with Crippen LogP contribution in [0.4, 0.5) is 0 Å². The molecule has 7 heteroatoms. The Morgan fingerprint density at radius 1 is 1.77 bits per heavy atom. The lowest BCUT2D eigenvalue weighted by Crippen LogP contribution is -2.34. The van der Waals surface area contributed by atoms with Gasteiger partial charge in [-0.25, -0.2) is 4.57 Å². The van der Waals surface area contributed by atoms with Crippen LogP contribution in [0.1, 0.15) is 6.92 Å². The van der Waals surface area contributed by atoms with Crippen LogP contribution in [0, 0.1) is 0 Å². The summed E-state index contributed by atoms with van der Waals surface area (Å²) < 4.78 is 14.4. The van der Waals surface area contributed by atoms with Gasteiger partial charge in [0.2, 0.25) is 5.91 Å². The van der Waals surface area contributed by atoms with E-state index < -0.39 is 19.8 Å². The molecule has 0 aromatic heterocycles. The predicted molar refractivity (Wildman–Crippen MR) is 45.8 cm³/mol. The van der Waals surface area contributed by atoms with E-state index >= 15 is 0 Å². The molecule has 1 unspecified atom stereocenters. The molecule has 0 aliphatic heterocycles. The molecule has 0 heterocycles. The topological polar surface area (TPSA) is 95.9 Å². The van der Waals surface area contributed by atoms with Crippen LogP contribution in [-0.4, -0.2) is 28.3 Å². The summed E-state index contributed by atoms with van der Waals surface area (Å²) in [7, 11) is -4.45. The zero-order valence-corrected chi connectivity index (χ0v) is 8.03. The summed E-state index contributed by atoms with van der Waals surface area (Å²) in [6.45, 7) is 4.52. The van der Waals surface area contributed by atoms with Gasteiger partial charge in [0.05, 0.1) is 12.6 Å². The second-order valence-electron chi connectivity index (χ2n) is 2.40. The van der Waals surface area contributed by atoms with Crippen molar-refractivity contribution >= 4 is 13.7 Å². The van der Waals surface area contributed by atoms with Crippen molar-refractivity contribution < 1.29 is 23.7 Å². The van der Waals surface area contributed by atoms with Crippen molar-refractivity contribution in [2.75, 3.05) is 6.61 Å². The summed E-state index contributed by atoms with van der Waals surface area (Å²) >= 11 is 0. The smallest absolute Gasteiger partial charge is 0.348 e. The molecular weight excluding hydrogens is 197 g/mol. The lowest BCUT2D eigenvalue weighted by molar-refractivity contribution is -0.117. The highest BCUT2D eigenvalue weighted by atomic mass is 31.2. The molecule has 0 aromatic rings. The van der Waals surface area contributed by atoms with Crippen LogP contribution in [0.3, 0.4) is 0 Å². The Bertz CT molecular complexity index is 235. The van der Waals surface area contributed by atoms with E-state index in [1.807, 2.05) is 0 Å². The second-order valence-corrected chi connectivity index (χ2v) is 3.64. The second kappa shape index (κ2) is 5.14. The van der Waals surface area contributed by atoms with Gasteiger partial charge in [-0.15, -0.1) is 0 Å². The lowest BCUT2D eigenvalue weighted by atomic mass is 10.3. The van der Waals surface area contributed by atoms with Crippen molar-refractivity contribution in [2.45, 2.75) is 13.0 Å². The number of nitrogens with one attached hydrogen (secondary N) is 1. The lowest BCUT2D eigenvalue weighted by Gasteiger charge is -2.12. The zero-order chi connectivity index (χ0) is 10.5. The van der Waals surface area contributed by atoms with Crippen molar-refractivity contribution in [3.05, 3.63) is 12.7 Å². The van der Waals surface area contributed by atoms with Crippen molar-refractivity contribution in [1.29, 1.82) is 0 Å². The van der Waals surface area contributed by atoms with Gasteiger partial charge in [-0.3, -0.25) is 9.32 Å². The van der Waals surface area contributed by atoms with Crippen LogP contribution >= 0.6 is 7.82 Å². The molecule has 0 aliphatic carbocycles. The largest absolute Gasteiger partial charge is 0.469 e. The third-order valence-corrected chi connectivity index (χ3v) is 1.55. The van der Waals surface area contributed by atoms with Gasteiger partial charge in [-0.1, -0.05) is 6.58 Å². The predicted octanol–water partition coefficient (Wildman–Crippen LogP) is -0.214. The normalized spacial score (nSPS) is 13.5. The molecule has 0 aliphatic rings. The van der Waals surface area contributed by atoms with Crippen molar-refractivity contribution in [2.24, 2.45) is 0 Å². The number of rotatable bonds is 5. The van der Waals surface area contributed by atoms with Gasteiger partial charge in [0.15, 0.2) is 0 Å². The Morgan fingerprint density at radius 2 is 2.31 bits per heavy atom. The number of phosphoric ester groups is 1. The molecule has 1 atom stereocenters. The summed E-state index contributed by atoms with van der Waals surface area (Å²) in [6.07, 6.45) is 1.06. The van der Waals surface area contributed by atoms with E-state index in [9.17, 15) is 9.36 Å². The fraction of sp³-hybridized carbons (Fsp3) is 0.500. The minimum Gasteiger partial charge on any atom is -0.348 e. The monoisotopic (exact) mass is 209 g/mol. The third kappa shape index (κ3) is 7.67. The first-order chi connectivity index (χ1) is 5.85. The number of hydrogen-bond donors (Lipinski definition) is 3. The third-order valence-electron chi connectivity index (χ3n) is 1.07. The Hall–Kier alpha value is -0.680. The maximum Gasteiger partial charge on any atom is 0.469 e. The molecule has 0 spiro atoms. The molecule has 0 rings (SSSR count). The van der Waals surface area contributed by atoms with Gasteiger partial charge >= 0.3 is 7.82 Å². The van der Waals surface area contributed by atoms with Crippen LogP contribution in [0.5, 0.6) is 0 Å². The molecule has 1 amide bonds. The number of carbonyl (C=O) groups is 1. The summed E-state index contributed by atoms with van der Waals surface area (Å²) in [6, 6.07) is -0.474. The Balaban J connectivity index is 3.76. The standard InChI is InChI=1S/C6H12NO5P/c1-3-6(8)7-5(2)4-12-13(9,10)11/h3,5H,1,4H2,2H3,(H,7,8)(H2,9,10,11). The van der Waals surface area contributed by atoms with Crippen LogP contribution in [0.15, 0.2) is 12.7 Å². The Kier molecular flexibility index (Phi) is 4.87. The molecule has 0 bridgehead atoms. The van der Waals surface area contributed by atoms with Gasteiger partial charge in [-0.2, -0.15) is 0 Å². The Labute approximate surface area is 75.8 Å². The van der Waals surface area contributed by atoms with Gasteiger partial charge in [-0.05, 0) is 13.0 Å². The van der Waals surface area contributed by atoms with Crippen LogP contribution < -0.4 is 5.32 Å². The zero-order valence-electron chi connectivity index (χ0n) is 7.14. The van der Waals surface area contributed by atoms with Gasteiger partial charge in [0.1, 0.15) is 0 Å². The molecule has 0 saturated carbocycles. The quantitative estimate of drug-likeness (QED) is 0.430. The molecule has 0 aromatic carbocycles. The highest BCUT2D eigenvalue weighted by Gasteiger charge is 2.16. The highest BCUT2D eigenvalue weighted by molar-refractivity contribution is 7.46. The highest BCUT2D eigenvalue weighted by Crippen LogP contribution is 2.35. The van der Waals surface area contributed by atoms with E-state index in [0.29, 0.717) is 0 Å². The Morgan fingerprint density at radius 3 is 2.69 bits per heavy atom. The van der Waals surface area contributed by atoms with Crippen LogP contribution in [0.25, 0.3) is 0 Å². The molecule has 76 valence electrons. The van der Waals surface area contributed by atoms with Crippen molar-refractivity contribution in [3.8, 4) is 0 Å². The fourth-order valence-corrected chi connectivity index (χ4v) is 0.970.